The number of piperidine rings is 1. The summed E-state index contributed by atoms with van der Waals surface area (Å²) in [4.78, 5) is 43.0. The van der Waals surface area contributed by atoms with Crippen LogP contribution in [0.3, 0.4) is 0 Å². The summed E-state index contributed by atoms with van der Waals surface area (Å²) in [5, 5.41) is 2.75. The molecule has 34 heavy (non-hydrogen) atoms. The van der Waals surface area contributed by atoms with Gasteiger partial charge in [-0.2, -0.15) is 4.98 Å². The number of ether oxygens (including phenoxy) is 2. The zero-order valence-electron chi connectivity index (χ0n) is 19.2. The van der Waals surface area contributed by atoms with E-state index in [0.717, 1.165) is 16.7 Å². The molecular weight excluding hydrogens is 438 g/mol. The molecule has 2 aromatic carbocycles. The number of esters is 2. The van der Waals surface area contributed by atoms with Crippen LogP contribution < -0.4 is 10.2 Å². The summed E-state index contributed by atoms with van der Waals surface area (Å²) >= 11 is 0. The highest BCUT2D eigenvalue weighted by Crippen LogP contribution is 2.27. The molecule has 0 bridgehead atoms. The molecule has 1 amide bonds. The number of oxazole rings is 1. The van der Waals surface area contributed by atoms with Crippen molar-refractivity contribution in [2.75, 3.05) is 25.1 Å². The third kappa shape index (κ3) is 5.36. The summed E-state index contributed by atoms with van der Waals surface area (Å²) in [6, 6.07) is 14.9. The van der Waals surface area contributed by atoms with Gasteiger partial charge in [0.25, 0.3) is 11.9 Å². The number of fused-ring (bicyclic) bond motifs is 1. The molecule has 1 fully saturated rings. The Hall–Kier alpha value is -3.88. The minimum absolute atomic E-state index is 0.255. The third-order valence-corrected chi connectivity index (χ3v) is 5.89. The van der Waals surface area contributed by atoms with Crippen molar-refractivity contribution in [1.82, 2.24) is 10.3 Å². The second kappa shape index (κ2) is 10.4. The van der Waals surface area contributed by atoms with Crippen molar-refractivity contribution in [3.63, 3.8) is 0 Å². The molecule has 0 spiro atoms. The summed E-state index contributed by atoms with van der Waals surface area (Å²) in [7, 11) is 1.32. The summed E-state index contributed by atoms with van der Waals surface area (Å²) in [5.74, 6) is -1.45. The van der Waals surface area contributed by atoms with Crippen molar-refractivity contribution in [1.29, 1.82) is 0 Å². The molecule has 9 heteroatoms. The number of nitrogens with one attached hydrogen (secondary N) is 1. The van der Waals surface area contributed by atoms with Crippen molar-refractivity contribution in [3.05, 3.63) is 59.7 Å². The lowest BCUT2D eigenvalue weighted by Crippen LogP contribution is -2.40. The predicted molar refractivity (Wildman–Crippen MR) is 124 cm³/mol. The van der Waals surface area contributed by atoms with Crippen LogP contribution in [0.4, 0.5) is 6.01 Å². The number of benzene rings is 2. The number of hydrogen-bond acceptors (Lipinski definition) is 8. The molecule has 4 rings (SSSR count). The Balaban J connectivity index is 1.22. The number of nitrogens with zero attached hydrogens (tertiary/aromatic N) is 2. The predicted octanol–water partition coefficient (Wildman–Crippen LogP) is 3.08. The van der Waals surface area contributed by atoms with Gasteiger partial charge in [0.15, 0.2) is 11.7 Å². The van der Waals surface area contributed by atoms with E-state index in [9.17, 15) is 14.4 Å². The molecule has 9 nitrogen and oxygen atoms in total. The molecule has 1 atom stereocenters. The normalized spacial score (nSPS) is 15.1. The molecule has 3 aromatic rings. The maximum Gasteiger partial charge on any atom is 0.337 e. The molecule has 1 saturated heterocycles. The van der Waals surface area contributed by atoms with Gasteiger partial charge in [-0.3, -0.25) is 9.59 Å². The highest BCUT2D eigenvalue weighted by atomic mass is 16.5. The number of methoxy groups -OCH3 is 1. The lowest BCUT2D eigenvalue weighted by molar-refractivity contribution is -0.159. The number of carbonyl (C=O) groups excluding carboxylic acids is 3. The fourth-order valence-corrected chi connectivity index (χ4v) is 3.84. The fourth-order valence-electron chi connectivity index (χ4n) is 3.84. The Bertz CT molecular complexity index is 1130. The average molecular weight is 466 g/mol. The van der Waals surface area contributed by atoms with Gasteiger partial charge in [0.05, 0.1) is 18.6 Å². The third-order valence-electron chi connectivity index (χ3n) is 5.89. The van der Waals surface area contributed by atoms with Gasteiger partial charge in [-0.15, -0.1) is 0 Å². The van der Waals surface area contributed by atoms with Crippen LogP contribution >= 0.6 is 0 Å². The van der Waals surface area contributed by atoms with Crippen LogP contribution in [0.5, 0.6) is 0 Å². The Morgan fingerprint density at radius 3 is 2.50 bits per heavy atom. The number of para-hydroxylation sites is 2. The van der Waals surface area contributed by atoms with Crippen LogP contribution in [0.15, 0.2) is 52.9 Å². The average Bonchev–Trinajstić information content (AvgIpc) is 3.31. The van der Waals surface area contributed by atoms with Crippen LogP contribution in [-0.4, -0.2) is 49.1 Å². The molecule has 2 heterocycles. The first-order valence-electron chi connectivity index (χ1n) is 11.2. The van der Waals surface area contributed by atoms with Gasteiger partial charge in [-0.25, -0.2) is 4.79 Å². The number of anilines is 1. The molecular formula is C25H27N3O6. The van der Waals surface area contributed by atoms with E-state index in [1.807, 2.05) is 29.2 Å². The Kier molecular flexibility index (Phi) is 7.10. The summed E-state index contributed by atoms with van der Waals surface area (Å²) < 4.78 is 15.9. The highest BCUT2D eigenvalue weighted by Gasteiger charge is 2.30. The molecule has 1 N–H and O–H groups in total. The highest BCUT2D eigenvalue weighted by molar-refractivity contribution is 5.89. The zero-order chi connectivity index (χ0) is 24.1. The smallest absolute Gasteiger partial charge is 0.337 e. The Morgan fingerprint density at radius 2 is 1.82 bits per heavy atom. The van der Waals surface area contributed by atoms with Crippen LogP contribution in [0.2, 0.25) is 0 Å². The summed E-state index contributed by atoms with van der Waals surface area (Å²) in [5.41, 5.74) is 2.78. The number of hydrogen-bond donors (Lipinski definition) is 1. The van der Waals surface area contributed by atoms with Crippen molar-refractivity contribution < 1.29 is 28.3 Å². The van der Waals surface area contributed by atoms with E-state index in [4.69, 9.17) is 9.15 Å². The van der Waals surface area contributed by atoms with Gasteiger partial charge in [-0.05, 0) is 49.6 Å². The zero-order valence-corrected chi connectivity index (χ0v) is 19.2. The topological polar surface area (TPSA) is 111 Å². The summed E-state index contributed by atoms with van der Waals surface area (Å²) in [6.45, 7) is 3.05. The van der Waals surface area contributed by atoms with Crippen molar-refractivity contribution in [2.45, 2.75) is 32.4 Å². The first-order valence-corrected chi connectivity index (χ1v) is 11.2. The maximum atomic E-state index is 12.6. The van der Waals surface area contributed by atoms with Gasteiger partial charge in [0.1, 0.15) is 5.52 Å². The molecule has 0 aliphatic carbocycles. The van der Waals surface area contributed by atoms with E-state index < -0.39 is 12.1 Å². The van der Waals surface area contributed by atoms with Gasteiger partial charge in [-0.1, -0.05) is 24.3 Å². The second-order valence-corrected chi connectivity index (χ2v) is 8.21. The lowest BCUT2D eigenvalue weighted by atomic mass is 9.97. The van der Waals surface area contributed by atoms with E-state index in [0.29, 0.717) is 37.5 Å². The Labute approximate surface area is 197 Å². The molecule has 0 radical (unpaired) electrons. The SMILES string of the molecule is COC(=O)c1ccc(CNC(=O)C(C)OC(=O)C2CCN(c3nc4ccccc4o3)CC2)cc1. The number of aromatic nitrogens is 1. The Morgan fingerprint density at radius 1 is 1.12 bits per heavy atom. The van der Waals surface area contributed by atoms with Crippen molar-refractivity contribution in [3.8, 4) is 0 Å². The van der Waals surface area contributed by atoms with E-state index in [-0.39, 0.29) is 24.3 Å². The molecule has 178 valence electrons. The van der Waals surface area contributed by atoms with Crippen LogP contribution in [-0.2, 0) is 25.6 Å². The molecule has 1 aliphatic rings. The van der Waals surface area contributed by atoms with E-state index in [1.165, 1.54) is 7.11 Å². The van der Waals surface area contributed by atoms with Crippen molar-refractivity contribution >= 4 is 35.0 Å². The number of carbonyl (C=O) groups is 3. The van der Waals surface area contributed by atoms with Gasteiger partial charge in [0, 0.05) is 19.6 Å². The monoisotopic (exact) mass is 465 g/mol. The molecule has 1 aliphatic heterocycles. The van der Waals surface area contributed by atoms with Gasteiger partial charge >= 0.3 is 11.9 Å². The minimum atomic E-state index is -0.906. The fraction of sp³-hybridized carbons (Fsp3) is 0.360. The molecule has 1 aromatic heterocycles. The summed E-state index contributed by atoms with van der Waals surface area (Å²) in [6.07, 6.45) is 0.286. The molecule has 0 saturated carbocycles. The molecule has 1 unspecified atom stereocenters. The van der Waals surface area contributed by atoms with E-state index >= 15 is 0 Å². The maximum absolute atomic E-state index is 12.6. The largest absolute Gasteiger partial charge is 0.465 e. The van der Waals surface area contributed by atoms with Crippen molar-refractivity contribution in [2.24, 2.45) is 5.92 Å². The van der Waals surface area contributed by atoms with Gasteiger partial charge < -0.3 is 24.1 Å². The standard InChI is InChI=1S/C25H27N3O6/c1-16(22(29)26-15-17-7-9-18(10-8-17)23(30)32-2)33-24(31)19-11-13-28(14-12-19)25-27-20-5-3-4-6-21(20)34-25/h3-10,16,19H,11-15H2,1-2H3,(H,26,29). The van der Waals surface area contributed by atoms with Crippen LogP contribution in [0.1, 0.15) is 35.7 Å². The number of amides is 1. The second-order valence-electron chi connectivity index (χ2n) is 8.21. The van der Waals surface area contributed by atoms with Crippen LogP contribution in [0.25, 0.3) is 11.1 Å². The van der Waals surface area contributed by atoms with Crippen LogP contribution in [0, 0.1) is 5.92 Å². The van der Waals surface area contributed by atoms with Gasteiger partial charge in [0.2, 0.25) is 0 Å². The number of rotatable bonds is 7. The first-order chi connectivity index (χ1) is 16.4. The first kappa shape index (κ1) is 23.3. The minimum Gasteiger partial charge on any atom is -0.465 e. The van der Waals surface area contributed by atoms with E-state index in [2.05, 4.69) is 15.0 Å². The lowest BCUT2D eigenvalue weighted by Gasteiger charge is -2.30. The van der Waals surface area contributed by atoms with E-state index in [1.54, 1.807) is 31.2 Å². The quantitative estimate of drug-likeness (QED) is 0.530.